The van der Waals surface area contributed by atoms with E-state index in [0.717, 1.165) is 17.1 Å². The van der Waals surface area contributed by atoms with E-state index in [4.69, 9.17) is 0 Å². The maximum absolute atomic E-state index is 12.3. The molecule has 2 aromatic heterocycles. The van der Waals surface area contributed by atoms with Gasteiger partial charge in [0.2, 0.25) is 0 Å². The molecule has 31 heavy (non-hydrogen) atoms. The lowest BCUT2D eigenvalue weighted by Crippen LogP contribution is -2.11. The van der Waals surface area contributed by atoms with E-state index in [1.54, 1.807) is 5.51 Å². The molecule has 2 aromatic carbocycles. The van der Waals surface area contributed by atoms with Crippen LogP contribution in [-0.2, 0) is 0 Å². The lowest BCUT2D eigenvalue weighted by atomic mass is 10.2. The number of anilines is 5. The van der Waals surface area contributed by atoms with Crippen LogP contribution < -0.4 is 16.0 Å². The molecule has 3 N–H and O–H groups in total. The SMILES string of the molecule is Cc1ccc(Nc2cc(Nc3ccc(NC(=O)c4scnc4C)cc3)nc(C)n2)cc1. The van der Waals surface area contributed by atoms with Gasteiger partial charge in [-0.3, -0.25) is 4.79 Å². The predicted molar refractivity (Wildman–Crippen MR) is 126 cm³/mol. The number of amides is 1. The second-order valence-electron chi connectivity index (χ2n) is 7.10. The zero-order valence-corrected chi connectivity index (χ0v) is 18.2. The van der Waals surface area contributed by atoms with Gasteiger partial charge in [0.25, 0.3) is 5.91 Å². The average Bonchev–Trinajstić information content (AvgIpc) is 3.17. The molecule has 0 saturated heterocycles. The van der Waals surface area contributed by atoms with E-state index >= 15 is 0 Å². The summed E-state index contributed by atoms with van der Waals surface area (Å²) in [6.07, 6.45) is 0. The van der Waals surface area contributed by atoms with Crippen molar-refractivity contribution in [3.8, 4) is 0 Å². The normalized spacial score (nSPS) is 10.5. The molecular weight excluding hydrogens is 408 g/mol. The van der Waals surface area contributed by atoms with E-state index in [0.29, 0.717) is 28.0 Å². The largest absolute Gasteiger partial charge is 0.340 e. The van der Waals surface area contributed by atoms with Crippen molar-refractivity contribution in [3.63, 3.8) is 0 Å². The van der Waals surface area contributed by atoms with Crippen LogP contribution in [0, 0.1) is 20.8 Å². The van der Waals surface area contributed by atoms with Crippen molar-refractivity contribution in [1.29, 1.82) is 0 Å². The van der Waals surface area contributed by atoms with Gasteiger partial charge in [0.05, 0.1) is 11.2 Å². The topological polar surface area (TPSA) is 91.8 Å². The molecule has 0 bridgehead atoms. The van der Waals surface area contributed by atoms with Crippen molar-refractivity contribution in [3.05, 3.63) is 82.1 Å². The molecule has 0 aliphatic carbocycles. The van der Waals surface area contributed by atoms with Crippen molar-refractivity contribution in [1.82, 2.24) is 15.0 Å². The Kier molecular flexibility index (Phi) is 5.90. The first kappa shape index (κ1) is 20.5. The van der Waals surface area contributed by atoms with E-state index in [1.165, 1.54) is 16.9 Å². The number of aryl methyl sites for hydroxylation is 3. The minimum absolute atomic E-state index is 0.154. The number of thiazole rings is 1. The summed E-state index contributed by atoms with van der Waals surface area (Å²) in [5.41, 5.74) is 6.13. The molecule has 0 radical (unpaired) electrons. The van der Waals surface area contributed by atoms with Gasteiger partial charge in [-0.15, -0.1) is 11.3 Å². The summed E-state index contributed by atoms with van der Waals surface area (Å²) in [7, 11) is 0. The summed E-state index contributed by atoms with van der Waals surface area (Å²) in [5, 5.41) is 9.48. The van der Waals surface area contributed by atoms with Crippen LogP contribution in [0.4, 0.5) is 28.7 Å². The van der Waals surface area contributed by atoms with Crippen LogP contribution >= 0.6 is 11.3 Å². The monoisotopic (exact) mass is 430 g/mol. The van der Waals surface area contributed by atoms with Gasteiger partial charge in [-0.25, -0.2) is 15.0 Å². The van der Waals surface area contributed by atoms with Gasteiger partial charge in [0, 0.05) is 23.1 Å². The molecule has 0 aliphatic rings. The standard InChI is InChI=1S/C23H22N6OS/c1-14-4-6-17(7-5-14)27-20-12-21(26-16(3)25-20)28-18-8-10-19(11-9-18)29-23(30)22-15(2)24-13-31-22/h4-13H,1-3H3,(H,29,30)(H2,25,26,27,28). The maximum Gasteiger partial charge on any atom is 0.267 e. The van der Waals surface area contributed by atoms with E-state index in [-0.39, 0.29) is 5.91 Å². The van der Waals surface area contributed by atoms with Crippen LogP contribution in [0.1, 0.15) is 26.8 Å². The number of aromatic nitrogens is 3. The summed E-state index contributed by atoms with van der Waals surface area (Å²) in [6, 6.07) is 17.4. The lowest BCUT2D eigenvalue weighted by Gasteiger charge is -2.11. The van der Waals surface area contributed by atoms with Gasteiger partial charge in [0.1, 0.15) is 22.3 Å². The Morgan fingerprint density at radius 1 is 0.806 bits per heavy atom. The Bertz CT molecular complexity index is 1200. The summed E-state index contributed by atoms with van der Waals surface area (Å²) in [4.78, 5) is 26.0. The van der Waals surface area contributed by atoms with Crippen LogP contribution in [0.15, 0.2) is 60.1 Å². The number of nitrogens with one attached hydrogen (secondary N) is 3. The number of nitrogens with zero attached hydrogens (tertiary/aromatic N) is 3. The molecule has 1 amide bonds. The van der Waals surface area contributed by atoms with Gasteiger partial charge in [-0.2, -0.15) is 0 Å². The second-order valence-corrected chi connectivity index (χ2v) is 7.95. The number of carbonyl (C=O) groups excluding carboxylic acids is 1. The number of hydrogen-bond donors (Lipinski definition) is 3. The van der Waals surface area contributed by atoms with Gasteiger partial charge < -0.3 is 16.0 Å². The fourth-order valence-corrected chi connectivity index (χ4v) is 3.67. The molecule has 156 valence electrons. The number of benzene rings is 2. The highest BCUT2D eigenvalue weighted by molar-refractivity contribution is 7.12. The van der Waals surface area contributed by atoms with Gasteiger partial charge >= 0.3 is 0 Å². The molecule has 0 aliphatic heterocycles. The number of hydrogen-bond acceptors (Lipinski definition) is 7. The predicted octanol–water partition coefficient (Wildman–Crippen LogP) is 5.60. The van der Waals surface area contributed by atoms with E-state index < -0.39 is 0 Å². The third kappa shape index (κ3) is 5.23. The zero-order valence-electron chi connectivity index (χ0n) is 17.4. The Morgan fingerprint density at radius 2 is 1.35 bits per heavy atom. The average molecular weight is 431 g/mol. The fraction of sp³-hybridized carbons (Fsp3) is 0.130. The van der Waals surface area contributed by atoms with E-state index in [9.17, 15) is 4.79 Å². The molecule has 7 nitrogen and oxygen atoms in total. The fourth-order valence-electron chi connectivity index (χ4n) is 2.97. The van der Waals surface area contributed by atoms with Gasteiger partial charge in [-0.05, 0) is 57.2 Å². The van der Waals surface area contributed by atoms with Crippen LogP contribution in [0.5, 0.6) is 0 Å². The Labute approximate surface area is 184 Å². The summed E-state index contributed by atoms with van der Waals surface area (Å²) < 4.78 is 0. The molecule has 2 heterocycles. The minimum atomic E-state index is -0.154. The van der Waals surface area contributed by atoms with Crippen LogP contribution in [0.25, 0.3) is 0 Å². The Morgan fingerprint density at radius 3 is 1.90 bits per heavy atom. The van der Waals surface area contributed by atoms with Crippen LogP contribution in [-0.4, -0.2) is 20.9 Å². The molecule has 0 spiro atoms. The highest BCUT2D eigenvalue weighted by Crippen LogP contribution is 2.22. The molecule has 0 saturated carbocycles. The quantitative estimate of drug-likeness (QED) is 0.369. The van der Waals surface area contributed by atoms with Crippen molar-refractivity contribution in [2.24, 2.45) is 0 Å². The smallest absolute Gasteiger partial charge is 0.267 e. The van der Waals surface area contributed by atoms with Crippen molar-refractivity contribution in [2.75, 3.05) is 16.0 Å². The van der Waals surface area contributed by atoms with Crippen molar-refractivity contribution < 1.29 is 4.79 Å². The molecule has 4 aromatic rings. The molecule has 0 atom stereocenters. The number of rotatable bonds is 6. The highest BCUT2D eigenvalue weighted by Gasteiger charge is 2.12. The summed E-state index contributed by atoms with van der Waals surface area (Å²) in [6.45, 7) is 5.73. The lowest BCUT2D eigenvalue weighted by molar-refractivity contribution is 0.103. The third-order valence-electron chi connectivity index (χ3n) is 4.53. The minimum Gasteiger partial charge on any atom is -0.340 e. The molecule has 8 heteroatoms. The molecule has 0 fully saturated rings. The van der Waals surface area contributed by atoms with Crippen molar-refractivity contribution in [2.45, 2.75) is 20.8 Å². The Balaban J connectivity index is 1.44. The molecule has 4 rings (SSSR count). The maximum atomic E-state index is 12.3. The first-order valence-electron chi connectivity index (χ1n) is 9.74. The molecular formula is C23H22N6OS. The van der Waals surface area contributed by atoms with Crippen LogP contribution in [0.3, 0.4) is 0 Å². The van der Waals surface area contributed by atoms with Crippen LogP contribution in [0.2, 0.25) is 0 Å². The molecule has 0 unspecified atom stereocenters. The summed E-state index contributed by atoms with van der Waals surface area (Å²) >= 11 is 1.33. The highest BCUT2D eigenvalue weighted by atomic mass is 32.1. The summed E-state index contributed by atoms with van der Waals surface area (Å²) in [5.74, 6) is 1.89. The van der Waals surface area contributed by atoms with Crippen molar-refractivity contribution >= 4 is 45.9 Å². The van der Waals surface area contributed by atoms with E-state index in [1.807, 2.05) is 68.4 Å². The van der Waals surface area contributed by atoms with Gasteiger partial charge in [0.15, 0.2) is 0 Å². The van der Waals surface area contributed by atoms with E-state index in [2.05, 4.69) is 37.8 Å². The first-order chi connectivity index (χ1) is 15.0. The number of carbonyl (C=O) groups is 1. The second kappa shape index (κ2) is 8.93. The van der Waals surface area contributed by atoms with Gasteiger partial charge in [-0.1, -0.05) is 17.7 Å². The first-order valence-corrected chi connectivity index (χ1v) is 10.6. The third-order valence-corrected chi connectivity index (χ3v) is 5.46. The Hall–Kier alpha value is -3.78. The zero-order chi connectivity index (χ0) is 21.8.